The zero-order chi connectivity index (χ0) is 64.7. The van der Waals surface area contributed by atoms with Gasteiger partial charge in [-0.1, -0.05) is 73.0 Å². The van der Waals surface area contributed by atoms with Gasteiger partial charge in [0.2, 0.25) is 23.6 Å². The largest absolute Gasteiger partial charge is 0.740 e. The van der Waals surface area contributed by atoms with E-state index in [2.05, 4.69) is 95.8 Å². The van der Waals surface area contributed by atoms with Gasteiger partial charge >= 0.3 is 0 Å². The quantitative estimate of drug-likeness (QED) is 0.0286. The number of hydrogen-bond donors (Lipinski definition) is 5. The van der Waals surface area contributed by atoms with E-state index in [1.165, 1.54) is 0 Å². The summed E-state index contributed by atoms with van der Waals surface area (Å²) < 4.78 is 55.5. The second-order valence-corrected chi connectivity index (χ2v) is 28.3. The Hall–Kier alpha value is -3.22. The van der Waals surface area contributed by atoms with Crippen LogP contribution in [0.2, 0.25) is 0 Å². The molecule has 21 nitrogen and oxygen atoms in total. The molecule has 1 spiro atoms. The standard InChI is InChI=1S/C69H103N7O14S.Tb/c1-10-49-50-31-44(77)30-47-22-24-53-61(85-47)62-64-68(9,88-53)63-57(87-64)34-69(89-62,90-63)26-25-48-29-41(7)52(83-48)23-21-46-28-40(6)42(8)54(84-46)33-56(50)86-55(49)32-45(78)37-70-59(80)38-71-65(81)51(19-16-17-27-76(11-2)12-3)74-66(82)60(39(4)5)75-58(79)20-15-13-14-18-43-35-72-67(91)73-36-43;/h35-36,39-40,45-57,60-64,78H,7-8,10-13,15-17,19-34,37-38H2,1-6,9H3,(H,70,80)(H,71,81)(H,74,82)(H,75,79)(H,72,73,91);/p-1/t40-,45+,46+,47-,48+,49-,50-,51+,52?,53+,54-,55-,56+,57?,60+,61+,62+,63+,64+,68+,69-;/m1./s1. The zero-order valence-electron chi connectivity index (χ0n) is 55.1. The molecule has 5 N–H and O–H groups in total. The molecule has 0 saturated carbocycles. The first-order valence-electron chi connectivity index (χ1n) is 34.4. The van der Waals surface area contributed by atoms with Gasteiger partial charge in [-0.25, -0.2) is 0 Å². The second-order valence-electron chi connectivity index (χ2n) is 28.0. The van der Waals surface area contributed by atoms with Crippen LogP contribution in [0.1, 0.15) is 182 Å². The SMILES string of the molecule is C=C1C[C@@H]2CC[C@@]34CC5O[C@H]6[C@@H](O3)[C@H]3O[C@H](CC[C@@H]3O[C@@]6(C)[C@H]5O4)CC(=O)C[C@@H]3[C@@H](CC)[C@@H](C[C@H](O)CNC(=O)CNC(=O)[C@H](CCCCN(CC)CC)NC(=O)[C@@H](NC(=O)CCCC#Cc4cnc([S-])nc4)C(C)C)O[C@H]3C[C@H]3O[C@@H](CCC1O2)C[C@@H](C)C3=C.[Tb]. The average Bonchev–Trinajstić information content (AvgIpc) is 1.53. The Bertz CT molecular complexity index is 2810. The van der Waals surface area contributed by atoms with Crippen molar-refractivity contribution in [3.05, 3.63) is 42.3 Å². The molecule has 23 heteroatoms. The molecular weight excluding hydrogens is 1340 g/mol. The van der Waals surface area contributed by atoms with Gasteiger partial charge in [-0.05, 0) is 132 Å². The molecule has 11 rings (SSSR count). The van der Waals surface area contributed by atoms with E-state index in [-0.39, 0.29) is 172 Å². The summed E-state index contributed by atoms with van der Waals surface area (Å²) in [5, 5.41) is 23.2. The van der Waals surface area contributed by atoms with Crippen LogP contribution in [0.3, 0.4) is 0 Å². The second kappa shape index (κ2) is 32.9. The Labute approximate surface area is 581 Å². The Balaban J connectivity index is 0.00001000. The maximum Gasteiger partial charge on any atom is 0.243 e. The van der Waals surface area contributed by atoms with E-state index in [4.69, 9.17) is 50.5 Å². The van der Waals surface area contributed by atoms with Crippen molar-refractivity contribution in [3.8, 4) is 11.8 Å². The van der Waals surface area contributed by atoms with Crippen LogP contribution in [0.4, 0.5) is 0 Å². The van der Waals surface area contributed by atoms with Crippen molar-refractivity contribution in [2.24, 2.45) is 23.7 Å². The molecule has 10 aliphatic heterocycles. The summed E-state index contributed by atoms with van der Waals surface area (Å²) in [4.78, 5) is 79.4. The van der Waals surface area contributed by atoms with Crippen molar-refractivity contribution in [1.29, 1.82) is 0 Å². The van der Waals surface area contributed by atoms with Gasteiger partial charge in [-0.2, -0.15) is 0 Å². The summed E-state index contributed by atoms with van der Waals surface area (Å²) in [5.74, 6) is 2.91. The molecule has 1 radical (unpaired) electrons. The maximum absolute atomic E-state index is 14.7. The Kier molecular flexibility index (Phi) is 26.1. The first-order chi connectivity index (χ1) is 43.6. The predicted molar refractivity (Wildman–Crippen MR) is 340 cm³/mol. The molecule has 0 aliphatic carbocycles. The number of carbonyl (C=O) groups is 5. The van der Waals surface area contributed by atoms with Crippen LogP contribution < -0.4 is 21.3 Å². The molecule has 1 aromatic rings. The van der Waals surface area contributed by atoms with Crippen LogP contribution in [-0.4, -0.2) is 191 Å². The van der Waals surface area contributed by atoms with Crippen LogP contribution in [0.5, 0.6) is 0 Å². The van der Waals surface area contributed by atoms with Crippen molar-refractivity contribution >= 4 is 42.0 Å². The van der Waals surface area contributed by atoms with Gasteiger partial charge in [0.15, 0.2) is 5.79 Å². The molecule has 10 fully saturated rings. The number of unbranched alkanes of at least 4 members (excludes halogenated alkanes) is 2. The summed E-state index contributed by atoms with van der Waals surface area (Å²) in [6.07, 6.45) is 9.75. The van der Waals surface area contributed by atoms with E-state index >= 15 is 0 Å². The Morgan fingerprint density at radius 2 is 1.55 bits per heavy atom. The van der Waals surface area contributed by atoms with E-state index in [1.807, 2.05) is 13.8 Å². The summed E-state index contributed by atoms with van der Waals surface area (Å²) in [6, 6.07) is -1.90. The molecular formula is C69H102N7O14STb-. The number of rotatable bonds is 22. The fourth-order valence-corrected chi connectivity index (χ4v) is 16.2. The van der Waals surface area contributed by atoms with E-state index < -0.39 is 72.2 Å². The third-order valence-corrected chi connectivity index (χ3v) is 21.4. The number of Topliss-reactive ketones (excluding diaryl/α,β-unsaturated/α-hetero) is 1. The third-order valence-electron chi connectivity index (χ3n) is 21.2. The van der Waals surface area contributed by atoms with Gasteiger partial charge in [0, 0.05) is 114 Å². The summed E-state index contributed by atoms with van der Waals surface area (Å²) >= 11 is 4.93. The van der Waals surface area contributed by atoms with Crippen molar-refractivity contribution in [2.75, 3.05) is 32.7 Å². The molecule has 10 aliphatic rings. The zero-order valence-corrected chi connectivity index (χ0v) is 58.1. The summed E-state index contributed by atoms with van der Waals surface area (Å²) in [6.45, 7) is 25.4. The third kappa shape index (κ3) is 17.7. The number of carbonyl (C=O) groups excluding carboxylic acids is 5. The molecule has 10 saturated heterocycles. The molecule has 513 valence electrons. The molecule has 11 heterocycles. The van der Waals surface area contributed by atoms with Crippen LogP contribution >= 0.6 is 0 Å². The number of amides is 4. The number of ketones is 1. The van der Waals surface area contributed by atoms with Crippen molar-refractivity contribution in [3.63, 3.8) is 0 Å². The molecule has 12 bridgehead atoms. The number of ether oxygens (including phenoxy) is 8. The molecule has 4 amide bonds. The predicted octanol–water partition coefficient (Wildman–Crippen LogP) is 6.17. The van der Waals surface area contributed by atoms with Crippen LogP contribution in [-0.2, 0) is 74.5 Å². The fraction of sp³-hybridized carbons (Fsp3) is 0.783. The normalized spacial score (nSPS) is 35.8. The number of nitrogens with one attached hydrogen (secondary N) is 4. The molecule has 1 aromatic heterocycles. The van der Waals surface area contributed by atoms with Gasteiger partial charge in [0.25, 0.3) is 0 Å². The molecule has 21 atom stereocenters. The van der Waals surface area contributed by atoms with Crippen molar-refractivity contribution < 1.29 is 106 Å². The Morgan fingerprint density at radius 3 is 2.30 bits per heavy atom. The smallest absolute Gasteiger partial charge is 0.243 e. The van der Waals surface area contributed by atoms with Gasteiger partial charge in [-0.15, -0.1) is 0 Å². The molecule has 0 aromatic carbocycles. The number of hydrogen-bond acceptors (Lipinski definition) is 18. The van der Waals surface area contributed by atoms with Crippen LogP contribution in [0, 0.1) is 74.1 Å². The van der Waals surface area contributed by atoms with E-state index in [0.717, 1.165) is 69.3 Å². The minimum atomic E-state index is -1.02. The van der Waals surface area contributed by atoms with Gasteiger partial charge in [0.05, 0.1) is 73.1 Å². The van der Waals surface area contributed by atoms with Gasteiger partial charge in [0.1, 0.15) is 47.9 Å². The van der Waals surface area contributed by atoms with E-state index in [9.17, 15) is 29.1 Å². The van der Waals surface area contributed by atoms with Crippen molar-refractivity contribution in [1.82, 2.24) is 36.1 Å². The fourth-order valence-electron chi connectivity index (χ4n) is 16.1. The maximum atomic E-state index is 14.7. The first-order valence-corrected chi connectivity index (χ1v) is 34.8. The Morgan fingerprint density at radius 1 is 0.804 bits per heavy atom. The topological polar surface area (TPSA) is 257 Å². The van der Waals surface area contributed by atoms with Crippen LogP contribution in [0.25, 0.3) is 0 Å². The minimum absolute atomic E-state index is 0. The monoisotopic (exact) mass is 1440 g/mol. The molecule has 2 unspecified atom stereocenters. The van der Waals surface area contributed by atoms with Gasteiger partial charge < -0.3 is 81.8 Å². The molecule has 92 heavy (non-hydrogen) atoms. The first kappa shape index (κ1) is 73.0. The van der Waals surface area contributed by atoms with Crippen molar-refractivity contribution in [2.45, 2.75) is 291 Å². The summed E-state index contributed by atoms with van der Waals surface area (Å²) in [5.41, 5.74) is 2.04. The number of aliphatic hydroxyl groups excluding tert-OH is 1. The summed E-state index contributed by atoms with van der Waals surface area (Å²) in [7, 11) is 0. The minimum Gasteiger partial charge on any atom is -0.740 e. The van der Waals surface area contributed by atoms with Gasteiger partial charge in [-0.3, -0.25) is 33.9 Å². The number of aliphatic hydroxyl groups is 1. The van der Waals surface area contributed by atoms with E-state index in [1.54, 1.807) is 12.4 Å². The number of aromatic nitrogens is 2. The number of fused-ring (bicyclic) bond motifs is 6. The number of nitrogens with zero attached hydrogens (tertiary/aromatic N) is 3. The van der Waals surface area contributed by atoms with Crippen LogP contribution in [0.15, 0.2) is 41.9 Å². The van der Waals surface area contributed by atoms with E-state index in [0.29, 0.717) is 69.8 Å². The average molecular weight is 1440 g/mol.